The number of carbonyl (C=O) groups excluding carboxylic acids is 2. The van der Waals surface area contributed by atoms with E-state index in [9.17, 15) is 9.59 Å². The molecule has 2 aliphatic rings. The highest BCUT2D eigenvalue weighted by Crippen LogP contribution is 2.37. The van der Waals surface area contributed by atoms with Gasteiger partial charge >= 0.3 is 0 Å². The summed E-state index contributed by atoms with van der Waals surface area (Å²) in [5, 5.41) is 9.92. The predicted molar refractivity (Wildman–Crippen MR) is 117 cm³/mol. The van der Waals surface area contributed by atoms with Gasteiger partial charge in [0.15, 0.2) is 0 Å². The fourth-order valence-corrected chi connectivity index (χ4v) is 4.68. The van der Waals surface area contributed by atoms with Crippen LogP contribution in [0.4, 0.5) is 0 Å². The van der Waals surface area contributed by atoms with Crippen LogP contribution in [0.15, 0.2) is 24.3 Å². The molecule has 1 aromatic rings. The van der Waals surface area contributed by atoms with Crippen LogP contribution in [0.3, 0.4) is 0 Å². The van der Waals surface area contributed by atoms with Gasteiger partial charge in [-0.2, -0.15) is 0 Å². The SMILES string of the molecule is CO[C@@H]1C[C@H]2CN(C(=O)CN(C)Cc3ccc(C)cc3)C[C@H]2C[C@H]1NC(C)=O.O=CO. The third-order valence-electron chi connectivity index (χ3n) is 6.14. The van der Waals surface area contributed by atoms with Gasteiger partial charge in [-0.1, -0.05) is 29.8 Å². The van der Waals surface area contributed by atoms with E-state index < -0.39 is 0 Å². The summed E-state index contributed by atoms with van der Waals surface area (Å²) in [6.45, 7) is 6.16. The zero-order valence-electron chi connectivity index (χ0n) is 18.9. The van der Waals surface area contributed by atoms with Crippen molar-refractivity contribution in [3.8, 4) is 0 Å². The van der Waals surface area contributed by atoms with Gasteiger partial charge in [-0.25, -0.2) is 0 Å². The summed E-state index contributed by atoms with van der Waals surface area (Å²) >= 11 is 0. The highest BCUT2D eigenvalue weighted by molar-refractivity contribution is 5.78. The van der Waals surface area contributed by atoms with Gasteiger partial charge in [-0.3, -0.25) is 19.3 Å². The van der Waals surface area contributed by atoms with Crippen LogP contribution in [0.2, 0.25) is 0 Å². The molecule has 31 heavy (non-hydrogen) atoms. The van der Waals surface area contributed by atoms with Crippen LogP contribution in [0.5, 0.6) is 0 Å². The number of fused-ring (bicyclic) bond motifs is 1. The molecule has 1 saturated carbocycles. The molecule has 1 aliphatic carbocycles. The summed E-state index contributed by atoms with van der Waals surface area (Å²) in [5.74, 6) is 1.07. The number of amides is 2. The van der Waals surface area contributed by atoms with Crippen LogP contribution in [-0.4, -0.2) is 79.1 Å². The van der Waals surface area contributed by atoms with Gasteiger partial charge in [0.25, 0.3) is 6.47 Å². The highest BCUT2D eigenvalue weighted by Gasteiger charge is 2.43. The second kappa shape index (κ2) is 11.8. The Labute approximate surface area is 184 Å². The minimum atomic E-state index is -0.250. The Balaban J connectivity index is 0.00000107. The van der Waals surface area contributed by atoms with Crippen molar-refractivity contribution in [2.24, 2.45) is 11.8 Å². The maximum Gasteiger partial charge on any atom is 0.290 e. The van der Waals surface area contributed by atoms with Crippen LogP contribution in [-0.2, 0) is 25.7 Å². The maximum atomic E-state index is 12.8. The maximum absolute atomic E-state index is 12.8. The first kappa shape index (κ1) is 24.8. The van der Waals surface area contributed by atoms with Crippen LogP contribution < -0.4 is 5.32 Å². The molecule has 0 spiro atoms. The summed E-state index contributed by atoms with van der Waals surface area (Å²) in [5.41, 5.74) is 2.46. The second-order valence-corrected chi connectivity index (χ2v) is 8.63. The first-order valence-electron chi connectivity index (χ1n) is 10.7. The summed E-state index contributed by atoms with van der Waals surface area (Å²) in [6, 6.07) is 8.49. The molecule has 0 unspecified atom stereocenters. The van der Waals surface area contributed by atoms with Crippen molar-refractivity contribution in [3.05, 3.63) is 35.4 Å². The minimum absolute atomic E-state index is 0.0193. The van der Waals surface area contributed by atoms with E-state index in [-0.39, 0.29) is 30.4 Å². The van der Waals surface area contributed by atoms with Gasteiger partial charge in [0.2, 0.25) is 11.8 Å². The van der Waals surface area contributed by atoms with E-state index in [4.69, 9.17) is 14.6 Å². The lowest BCUT2D eigenvalue weighted by atomic mass is 9.77. The quantitative estimate of drug-likeness (QED) is 0.660. The number of likely N-dealkylation sites (tertiary alicyclic amines) is 1. The molecule has 4 atom stereocenters. The van der Waals surface area contributed by atoms with Crippen molar-refractivity contribution in [3.63, 3.8) is 0 Å². The second-order valence-electron chi connectivity index (χ2n) is 8.63. The summed E-state index contributed by atoms with van der Waals surface area (Å²) in [4.78, 5) is 36.8. The Morgan fingerprint density at radius 2 is 1.81 bits per heavy atom. The zero-order valence-corrected chi connectivity index (χ0v) is 18.9. The standard InChI is InChI=1S/C22H33N3O3.CH2O2/c1-15-5-7-17(8-6-15)11-24(3)14-22(27)25-12-18-9-20(23-16(2)26)21(28-4)10-19(18)13-25;2-1-3/h5-8,18-21H,9-14H2,1-4H3,(H,23,26);1H,(H,2,3)/t18-,19+,20-,21-;/m1./s1. The number of nitrogens with zero attached hydrogens (tertiary/aromatic N) is 2. The number of rotatable bonds is 6. The third-order valence-corrected chi connectivity index (χ3v) is 6.14. The average Bonchev–Trinajstić information content (AvgIpc) is 3.12. The van der Waals surface area contributed by atoms with E-state index in [1.807, 2.05) is 11.9 Å². The van der Waals surface area contributed by atoms with Crippen molar-refractivity contribution >= 4 is 18.3 Å². The molecule has 0 aromatic heterocycles. The number of nitrogens with one attached hydrogen (secondary N) is 1. The molecule has 3 rings (SSSR count). The number of carboxylic acid groups (broad SMARTS) is 1. The van der Waals surface area contributed by atoms with Crippen molar-refractivity contribution in [2.45, 2.75) is 45.4 Å². The number of aryl methyl sites for hydroxylation is 1. The first-order chi connectivity index (χ1) is 14.8. The molecule has 2 fully saturated rings. The van der Waals surface area contributed by atoms with E-state index in [1.165, 1.54) is 11.1 Å². The highest BCUT2D eigenvalue weighted by atomic mass is 16.5. The lowest BCUT2D eigenvalue weighted by Gasteiger charge is -2.37. The van der Waals surface area contributed by atoms with Gasteiger partial charge in [0.1, 0.15) is 0 Å². The van der Waals surface area contributed by atoms with Crippen LogP contribution in [0.25, 0.3) is 0 Å². The number of ether oxygens (including phenoxy) is 1. The topological polar surface area (TPSA) is 99.2 Å². The molecular weight excluding hydrogens is 398 g/mol. The summed E-state index contributed by atoms with van der Waals surface area (Å²) < 4.78 is 5.62. The molecule has 0 bridgehead atoms. The third kappa shape index (κ3) is 7.33. The average molecular weight is 434 g/mol. The summed E-state index contributed by atoms with van der Waals surface area (Å²) in [7, 11) is 3.70. The molecular formula is C23H35N3O5. The normalized spacial score (nSPS) is 24.7. The van der Waals surface area contributed by atoms with E-state index in [2.05, 4.69) is 41.4 Å². The molecule has 8 heteroatoms. The molecule has 0 radical (unpaired) electrons. The Morgan fingerprint density at radius 1 is 1.23 bits per heavy atom. The molecule has 1 aliphatic heterocycles. The fourth-order valence-electron chi connectivity index (χ4n) is 4.68. The number of benzene rings is 1. The molecule has 2 amide bonds. The Kier molecular flexibility index (Phi) is 9.45. The fraction of sp³-hybridized carbons (Fsp3) is 0.609. The van der Waals surface area contributed by atoms with Crippen molar-refractivity contribution in [2.75, 3.05) is 33.8 Å². The van der Waals surface area contributed by atoms with E-state index in [0.29, 0.717) is 18.4 Å². The van der Waals surface area contributed by atoms with Crippen molar-refractivity contribution < 1.29 is 24.2 Å². The first-order valence-corrected chi connectivity index (χ1v) is 10.7. The van der Waals surface area contributed by atoms with E-state index in [1.54, 1.807) is 14.0 Å². The number of hydrogen-bond donors (Lipinski definition) is 2. The van der Waals surface area contributed by atoms with E-state index in [0.717, 1.165) is 32.5 Å². The van der Waals surface area contributed by atoms with Gasteiger partial charge in [0.05, 0.1) is 18.7 Å². The lowest BCUT2D eigenvalue weighted by molar-refractivity contribution is -0.131. The minimum Gasteiger partial charge on any atom is -0.483 e. The monoisotopic (exact) mass is 433 g/mol. The van der Waals surface area contributed by atoms with Crippen molar-refractivity contribution in [1.29, 1.82) is 0 Å². The lowest BCUT2D eigenvalue weighted by Crippen LogP contribution is -2.49. The number of carbonyl (C=O) groups is 3. The Morgan fingerprint density at radius 3 is 2.35 bits per heavy atom. The number of hydrogen-bond acceptors (Lipinski definition) is 5. The molecule has 172 valence electrons. The zero-order chi connectivity index (χ0) is 23.0. The smallest absolute Gasteiger partial charge is 0.290 e. The molecule has 2 N–H and O–H groups in total. The molecule has 1 heterocycles. The number of methoxy groups -OCH3 is 1. The molecule has 1 saturated heterocycles. The predicted octanol–water partition coefficient (Wildman–Crippen LogP) is 1.52. The largest absolute Gasteiger partial charge is 0.483 e. The van der Waals surface area contributed by atoms with Gasteiger partial charge in [-0.05, 0) is 44.2 Å². The Hall–Kier alpha value is -2.45. The van der Waals surface area contributed by atoms with Crippen molar-refractivity contribution in [1.82, 2.24) is 15.1 Å². The van der Waals surface area contributed by atoms with Crippen LogP contribution in [0.1, 0.15) is 30.9 Å². The van der Waals surface area contributed by atoms with E-state index >= 15 is 0 Å². The number of likely N-dealkylation sites (N-methyl/N-ethyl adjacent to an activating group) is 1. The van der Waals surface area contributed by atoms with Gasteiger partial charge in [-0.15, -0.1) is 0 Å². The van der Waals surface area contributed by atoms with Gasteiger partial charge in [0, 0.05) is 33.7 Å². The van der Waals surface area contributed by atoms with Crippen LogP contribution in [0, 0.1) is 18.8 Å². The molecule has 8 nitrogen and oxygen atoms in total. The Bertz CT molecular complexity index is 739. The van der Waals surface area contributed by atoms with Gasteiger partial charge < -0.3 is 20.1 Å². The summed E-state index contributed by atoms with van der Waals surface area (Å²) in [6.07, 6.45) is 1.81. The molecule has 1 aromatic carbocycles. The van der Waals surface area contributed by atoms with Crippen LogP contribution >= 0.6 is 0 Å².